The van der Waals surface area contributed by atoms with E-state index in [1.54, 1.807) is 5.01 Å². The monoisotopic (exact) mass is 274 g/mol. The molecule has 1 aromatic carbocycles. The summed E-state index contributed by atoms with van der Waals surface area (Å²) in [5, 5.41) is 9.08. The van der Waals surface area contributed by atoms with Gasteiger partial charge in [0.25, 0.3) is 0 Å². The Morgan fingerprint density at radius 1 is 1.21 bits per heavy atom. The zero-order valence-corrected chi connectivity index (χ0v) is 11.5. The lowest BCUT2D eigenvalue weighted by Gasteiger charge is -2.10. The second-order valence-electron chi connectivity index (χ2n) is 4.38. The van der Waals surface area contributed by atoms with Gasteiger partial charge < -0.3 is 0 Å². The molecule has 3 rings (SSSR count). The van der Waals surface area contributed by atoms with E-state index in [1.807, 2.05) is 30.1 Å². The molecule has 0 atom stereocenters. The Kier molecular flexibility index (Phi) is 2.84. The molecule has 98 valence electrons. The maximum absolute atomic E-state index is 5.50. The smallest absolute Gasteiger partial charge is 0.177 e. The molecule has 0 aliphatic carbocycles. The predicted molar refractivity (Wildman–Crippen MR) is 76.3 cm³/mol. The fraction of sp³-hybridized carbons (Fsp3) is 0.167. The number of aryl methyl sites for hydroxylation is 1. The highest BCUT2D eigenvalue weighted by Crippen LogP contribution is 2.14. The number of hydrogen-bond acceptors (Lipinski definition) is 5. The molecular formula is C12H14N6S. The molecule has 0 bridgehead atoms. The van der Waals surface area contributed by atoms with E-state index in [-0.39, 0.29) is 0 Å². The van der Waals surface area contributed by atoms with Crippen LogP contribution in [-0.4, -0.2) is 27.7 Å². The Morgan fingerprint density at radius 3 is 2.58 bits per heavy atom. The summed E-state index contributed by atoms with van der Waals surface area (Å²) in [7, 11) is 1.87. The first kappa shape index (κ1) is 11.9. The third-order valence-electron chi connectivity index (χ3n) is 3.00. The highest BCUT2D eigenvalue weighted by molar-refractivity contribution is 7.71. The molecular weight excluding hydrogens is 260 g/mol. The summed E-state index contributed by atoms with van der Waals surface area (Å²) in [5.74, 6) is 0.757. The normalized spacial score (nSPS) is 14.4. The highest BCUT2D eigenvalue weighted by atomic mass is 32.1. The molecule has 7 heteroatoms. The average molecular weight is 274 g/mol. The molecule has 0 fully saturated rings. The number of aromatic amines is 1. The van der Waals surface area contributed by atoms with Crippen LogP contribution < -0.4 is 11.1 Å². The minimum Gasteiger partial charge on any atom is -0.299 e. The van der Waals surface area contributed by atoms with Crippen LogP contribution in [-0.2, 0) is 0 Å². The first-order valence-electron chi connectivity index (χ1n) is 5.87. The zero-order valence-electron chi connectivity index (χ0n) is 10.6. The third-order valence-corrected chi connectivity index (χ3v) is 3.40. The lowest BCUT2D eigenvalue weighted by atomic mass is 10.2. The molecule has 2 aromatic rings. The van der Waals surface area contributed by atoms with Crippen molar-refractivity contribution in [1.82, 2.24) is 25.9 Å². The van der Waals surface area contributed by atoms with Gasteiger partial charge in [-0.25, -0.2) is 10.2 Å². The van der Waals surface area contributed by atoms with E-state index in [9.17, 15) is 0 Å². The Labute approximate surface area is 115 Å². The van der Waals surface area contributed by atoms with Gasteiger partial charge >= 0.3 is 0 Å². The van der Waals surface area contributed by atoms with Crippen molar-refractivity contribution < 1.29 is 0 Å². The molecule has 0 amide bonds. The van der Waals surface area contributed by atoms with Crippen LogP contribution in [0.3, 0.4) is 0 Å². The topological polar surface area (TPSA) is 60.4 Å². The maximum atomic E-state index is 5.50. The molecule has 19 heavy (non-hydrogen) atoms. The molecule has 0 unspecified atom stereocenters. The van der Waals surface area contributed by atoms with Crippen molar-refractivity contribution in [2.24, 2.45) is 5.10 Å². The van der Waals surface area contributed by atoms with Crippen LogP contribution in [0.2, 0.25) is 0 Å². The summed E-state index contributed by atoms with van der Waals surface area (Å²) in [6.07, 6.45) is 1.85. The number of nitrogens with zero attached hydrogens (tertiary/aromatic N) is 3. The molecule has 1 aliphatic rings. The molecule has 0 saturated heterocycles. The second kappa shape index (κ2) is 4.52. The van der Waals surface area contributed by atoms with Crippen LogP contribution in [0, 0.1) is 11.6 Å². The van der Waals surface area contributed by atoms with Gasteiger partial charge in [-0.3, -0.25) is 10.1 Å². The van der Waals surface area contributed by atoms with E-state index >= 15 is 0 Å². The van der Waals surface area contributed by atoms with Gasteiger partial charge in [0, 0.05) is 13.2 Å². The molecule has 0 saturated carbocycles. The first-order valence-corrected chi connectivity index (χ1v) is 6.27. The summed E-state index contributed by atoms with van der Waals surface area (Å²) in [4.78, 5) is 0. The van der Waals surface area contributed by atoms with Crippen molar-refractivity contribution >= 4 is 18.1 Å². The Bertz CT molecular complexity index is 681. The number of hydrazine groups is 2. The Morgan fingerprint density at radius 2 is 1.95 bits per heavy atom. The zero-order chi connectivity index (χ0) is 13.4. The molecule has 2 heterocycles. The fourth-order valence-corrected chi connectivity index (χ4v) is 2.25. The lowest BCUT2D eigenvalue weighted by Crippen LogP contribution is -2.37. The van der Waals surface area contributed by atoms with Crippen molar-refractivity contribution in [2.45, 2.75) is 6.92 Å². The largest absolute Gasteiger partial charge is 0.299 e. The number of nitrogens with one attached hydrogen (secondary N) is 3. The van der Waals surface area contributed by atoms with Gasteiger partial charge in [0.05, 0.1) is 11.3 Å². The number of rotatable bonds is 2. The summed E-state index contributed by atoms with van der Waals surface area (Å²) in [5.41, 5.74) is 8.65. The van der Waals surface area contributed by atoms with Crippen LogP contribution in [0.4, 0.5) is 0 Å². The van der Waals surface area contributed by atoms with Crippen molar-refractivity contribution in [1.29, 1.82) is 0 Å². The van der Waals surface area contributed by atoms with Crippen molar-refractivity contribution in [2.75, 3.05) is 7.05 Å². The highest BCUT2D eigenvalue weighted by Gasteiger charge is 2.18. The molecule has 1 aromatic heterocycles. The van der Waals surface area contributed by atoms with Crippen LogP contribution in [0.15, 0.2) is 35.6 Å². The van der Waals surface area contributed by atoms with Crippen molar-refractivity contribution in [3.8, 4) is 5.69 Å². The van der Waals surface area contributed by atoms with Gasteiger partial charge in [0.15, 0.2) is 5.84 Å². The van der Waals surface area contributed by atoms with Gasteiger partial charge in [0.1, 0.15) is 4.64 Å². The standard InChI is InChI=1S/C12H14N6S/c1-8-3-5-9(6-4-8)18-12(19)10(7-13-18)11-14-15-16-17(11)2/h3-7,13,15-16H,1-2H3. The number of aromatic nitrogens is 2. The van der Waals surface area contributed by atoms with E-state index in [0.717, 1.165) is 17.1 Å². The Hall–Kier alpha value is -2.12. The van der Waals surface area contributed by atoms with Gasteiger partial charge in [0.2, 0.25) is 0 Å². The van der Waals surface area contributed by atoms with E-state index in [2.05, 4.69) is 40.3 Å². The average Bonchev–Trinajstić information content (AvgIpc) is 2.97. The summed E-state index contributed by atoms with van der Waals surface area (Å²) < 4.78 is 2.55. The van der Waals surface area contributed by atoms with E-state index in [1.165, 1.54) is 5.56 Å². The number of hydrazone groups is 1. The number of H-pyrrole nitrogens is 1. The van der Waals surface area contributed by atoms with Gasteiger partial charge in [-0.2, -0.15) is 0 Å². The van der Waals surface area contributed by atoms with Crippen molar-refractivity contribution in [3.63, 3.8) is 0 Å². The predicted octanol–water partition coefficient (Wildman–Crippen LogP) is 1.46. The summed E-state index contributed by atoms with van der Waals surface area (Å²) in [6, 6.07) is 8.17. The lowest BCUT2D eigenvalue weighted by molar-refractivity contribution is 0.349. The molecule has 6 nitrogen and oxygen atoms in total. The fourth-order valence-electron chi connectivity index (χ4n) is 1.94. The molecule has 1 aliphatic heterocycles. The van der Waals surface area contributed by atoms with Gasteiger partial charge in [-0.15, -0.1) is 10.6 Å². The van der Waals surface area contributed by atoms with Crippen LogP contribution in [0.5, 0.6) is 0 Å². The molecule has 0 radical (unpaired) electrons. The number of hydrogen-bond donors (Lipinski definition) is 3. The van der Waals surface area contributed by atoms with Gasteiger partial charge in [-0.1, -0.05) is 29.9 Å². The second-order valence-corrected chi connectivity index (χ2v) is 4.77. The summed E-state index contributed by atoms with van der Waals surface area (Å²) >= 11 is 5.50. The minimum atomic E-state index is 0.694. The summed E-state index contributed by atoms with van der Waals surface area (Å²) in [6.45, 7) is 2.06. The number of amidine groups is 1. The number of benzene rings is 1. The van der Waals surface area contributed by atoms with Crippen molar-refractivity contribution in [3.05, 3.63) is 46.2 Å². The Balaban J connectivity index is 2.04. The third kappa shape index (κ3) is 2.02. The van der Waals surface area contributed by atoms with E-state index in [0.29, 0.717) is 4.64 Å². The van der Waals surface area contributed by atoms with Crippen LogP contribution in [0.25, 0.3) is 5.69 Å². The molecule has 3 N–H and O–H groups in total. The van der Waals surface area contributed by atoms with E-state index < -0.39 is 0 Å². The van der Waals surface area contributed by atoms with Crippen LogP contribution >= 0.6 is 12.2 Å². The van der Waals surface area contributed by atoms with E-state index in [4.69, 9.17) is 12.2 Å². The SMILES string of the molecule is Cc1ccc(-n2[nH]cc(C3=NNNN3C)c2=S)cc1. The maximum Gasteiger partial charge on any atom is 0.177 e. The minimum absolute atomic E-state index is 0.694. The van der Waals surface area contributed by atoms with Gasteiger partial charge in [-0.05, 0) is 19.1 Å². The first-order chi connectivity index (χ1) is 9.16. The quantitative estimate of drug-likeness (QED) is 0.726. The van der Waals surface area contributed by atoms with Crippen LogP contribution in [0.1, 0.15) is 11.1 Å². The molecule has 0 spiro atoms.